The zero-order valence-corrected chi connectivity index (χ0v) is 28.5. The topological polar surface area (TPSA) is 454 Å². The van der Waals surface area contributed by atoms with Crippen molar-refractivity contribution in [2.75, 3.05) is 19.6 Å². The van der Waals surface area contributed by atoms with Gasteiger partial charge in [-0.15, -0.1) is 0 Å². The number of carbonyl (C=O) groups excluding carboxylic acids is 7. The molecule has 15 N–H and O–H groups in total. The molecule has 0 aromatic carbocycles. The average Bonchev–Trinajstić information content (AvgIpc) is 3.06. The molecule has 0 saturated heterocycles. The van der Waals surface area contributed by atoms with Crippen molar-refractivity contribution in [3.8, 4) is 0 Å². The van der Waals surface area contributed by atoms with Gasteiger partial charge in [-0.1, -0.05) is 0 Å². The average molecular weight is 793 g/mol. The standard InChI is InChI=1S/C28H40N8O19/c29-11(5-20(43)44)24(51)34-12(1-3-18(39)40)27(54)35-13(2-4-19(41)42)28(55)36-15(7-22(47)48)26(53)31-8-16(37)30-9-17(38)33-14(6-21(45)46)25(52)32-10-23(49)50/h11-15H,1-10,29H2,(H,30,37)(H,31,53)(H,32,52)(H,33,38)(H,34,51)(H,35,54)(H,36,55)(H,39,40)(H,41,42)(H,43,44)(H,45,46)(H,47,48)(H,49,50)/t11-,12-,13-,14-,15-/m0/s1. The number of rotatable bonds is 27. The molecule has 0 unspecified atom stereocenters. The molecule has 0 aliphatic heterocycles. The number of hydrogen-bond donors (Lipinski definition) is 14. The second kappa shape index (κ2) is 24.3. The number of carbonyl (C=O) groups is 13. The molecule has 0 rings (SSSR count). The number of nitrogens with two attached hydrogens (primary N) is 1. The summed E-state index contributed by atoms with van der Waals surface area (Å²) in [5.41, 5.74) is 5.46. The molecule has 0 aliphatic carbocycles. The van der Waals surface area contributed by atoms with Crippen LogP contribution in [0.15, 0.2) is 0 Å². The minimum atomic E-state index is -2.00. The Balaban J connectivity index is 5.71. The lowest BCUT2D eigenvalue weighted by Gasteiger charge is -2.25. The second-order valence-electron chi connectivity index (χ2n) is 11.2. The van der Waals surface area contributed by atoms with E-state index in [4.69, 9.17) is 31.3 Å². The Morgan fingerprint density at radius 3 is 1.18 bits per heavy atom. The highest BCUT2D eigenvalue weighted by Gasteiger charge is 2.32. The maximum absolute atomic E-state index is 13.1. The van der Waals surface area contributed by atoms with E-state index in [1.807, 2.05) is 31.9 Å². The fraction of sp³-hybridized carbons (Fsp3) is 0.536. The number of nitrogens with one attached hydrogen (secondary N) is 7. The molecule has 7 amide bonds. The molecule has 306 valence electrons. The Hall–Kier alpha value is -6.93. The molecule has 27 nitrogen and oxygen atoms in total. The van der Waals surface area contributed by atoms with Gasteiger partial charge in [-0.2, -0.15) is 0 Å². The Bertz CT molecular complexity index is 1520. The number of hydrogen-bond acceptors (Lipinski definition) is 14. The first kappa shape index (κ1) is 48.1. The summed E-state index contributed by atoms with van der Waals surface area (Å²) < 4.78 is 0. The largest absolute Gasteiger partial charge is 0.481 e. The van der Waals surface area contributed by atoms with Crippen LogP contribution < -0.4 is 43.0 Å². The normalized spacial score (nSPS) is 13.1. The summed E-state index contributed by atoms with van der Waals surface area (Å²) in [4.78, 5) is 154. The molecule has 0 aromatic heterocycles. The molecule has 5 atom stereocenters. The third-order valence-electron chi connectivity index (χ3n) is 6.62. The Morgan fingerprint density at radius 1 is 0.382 bits per heavy atom. The first-order valence-corrected chi connectivity index (χ1v) is 15.6. The van der Waals surface area contributed by atoms with Crippen LogP contribution >= 0.6 is 0 Å². The summed E-state index contributed by atoms with van der Waals surface area (Å²) in [5, 5.41) is 67.7. The smallest absolute Gasteiger partial charge is 0.322 e. The van der Waals surface area contributed by atoms with Crippen LogP contribution in [0.25, 0.3) is 0 Å². The molecular weight excluding hydrogens is 752 g/mol. The highest BCUT2D eigenvalue weighted by atomic mass is 16.4. The van der Waals surface area contributed by atoms with Crippen molar-refractivity contribution in [1.82, 2.24) is 37.2 Å². The number of amides is 7. The van der Waals surface area contributed by atoms with Gasteiger partial charge >= 0.3 is 35.8 Å². The van der Waals surface area contributed by atoms with Crippen LogP contribution in [0.4, 0.5) is 0 Å². The monoisotopic (exact) mass is 792 g/mol. The predicted octanol–water partition coefficient (Wildman–Crippen LogP) is -7.16. The molecule has 0 bridgehead atoms. The summed E-state index contributed by atoms with van der Waals surface area (Å²) in [5.74, 6) is -17.7. The van der Waals surface area contributed by atoms with Crippen molar-refractivity contribution in [2.45, 2.75) is 75.2 Å². The highest BCUT2D eigenvalue weighted by molar-refractivity contribution is 5.98. The van der Waals surface area contributed by atoms with E-state index in [1.54, 1.807) is 0 Å². The molecule has 0 aliphatic rings. The van der Waals surface area contributed by atoms with Crippen LogP contribution in [-0.4, -0.2) is 158 Å². The number of carboxylic acids is 6. The Kier molecular flexibility index (Phi) is 21.3. The predicted molar refractivity (Wildman–Crippen MR) is 173 cm³/mol. The van der Waals surface area contributed by atoms with Crippen LogP contribution in [0.1, 0.15) is 44.9 Å². The number of carboxylic acid groups (broad SMARTS) is 6. The second-order valence-corrected chi connectivity index (χ2v) is 11.2. The van der Waals surface area contributed by atoms with Gasteiger partial charge < -0.3 is 73.6 Å². The summed E-state index contributed by atoms with van der Waals surface area (Å²) in [6.07, 6.45) is -5.88. The molecule has 0 spiro atoms. The third-order valence-corrected chi connectivity index (χ3v) is 6.62. The molecule has 55 heavy (non-hydrogen) atoms. The van der Waals surface area contributed by atoms with Crippen molar-refractivity contribution in [2.24, 2.45) is 5.73 Å². The van der Waals surface area contributed by atoms with Gasteiger partial charge in [-0.05, 0) is 12.8 Å². The Labute approximate surface area is 308 Å². The first-order valence-electron chi connectivity index (χ1n) is 15.6. The van der Waals surface area contributed by atoms with Gasteiger partial charge in [0.05, 0.1) is 38.4 Å². The van der Waals surface area contributed by atoms with E-state index in [-0.39, 0.29) is 0 Å². The van der Waals surface area contributed by atoms with E-state index in [1.165, 1.54) is 0 Å². The van der Waals surface area contributed by atoms with Crippen molar-refractivity contribution >= 4 is 77.2 Å². The van der Waals surface area contributed by atoms with Gasteiger partial charge in [-0.3, -0.25) is 62.3 Å². The summed E-state index contributed by atoms with van der Waals surface area (Å²) in [6, 6.07) is -9.08. The van der Waals surface area contributed by atoms with Crippen LogP contribution in [0, 0.1) is 0 Å². The van der Waals surface area contributed by atoms with Crippen molar-refractivity contribution in [3.05, 3.63) is 0 Å². The van der Waals surface area contributed by atoms with Gasteiger partial charge in [0.2, 0.25) is 41.4 Å². The van der Waals surface area contributed by atoms with Crippen molar-refractivity contribution < 1.29 is 93.0 Å². The molecular formula is C28H40N8O19. The van der Waals surface area contributed by atoms with Gasteiger partial charge in [0, 0.05) is 12.8 Å². The molecule has 0 saturated carbocycles. The minimum Gasteiger partial charge on any atom is -0.481 e. The van der Waals surface area contributed by atoms with E-state index >= 15 is 0 Å². The molecule has 0 radical (unpaired) electrons. The molecule has 0 aromatic rings. The third kappa shape index (κ3) is 21.9. The van der Waals surface area contributed by atoms with Crippen LogP contribution in [-0.2, 0) is 62.3 Å². The lowest BCUT2D eigenvalue weighted by molar-refractivity contribution is -0.142. The van der Waals surface area contributed by atoms with E-state index in [0.717, 1.165) is 0 Å². The maximum atomic E-state index is 13.1. The van der Waals surface area contributed by atoms with Crippen LogP contribution in [0.2, 0.25) is 0 Å². The minimum absolute atomic E-state index is 0.626. The Morgan fingerprint density at radius 2 is 0.764 bits per heavy atom. The van der Waals surface area contributed by atoms with Crippen molar-refractivity contribution in [3.63, 3.8) is 0 Å². The quantitative estimate of drug-likeness (QED) is 0.0367. The van der Waals surface area contributed by atoms with Crippen LogP contribution in [0.3, 0.4) is 0 Å². The lowest BCUT2D eigenvalue weighted by Crippen LogP contribution is -2.58. The van der Waals surface area contributed by atoms with Gasteiger partial charge in [-0.25, -0.2) is 0 Å². The lowest BCUT2D eigenvalue weighted by atomic mass is 10.1. The van der Waals surface area contributed by atoms with E-state index in [0.29, 0.717) is 0 Å². The highest BCUT2D eigenvalue weighted by Crippen LogP contribution is 2.06. The van der Waals surface area contributed by atoms with Crippen LogP contribution in [0.5, 0.6) is 0 Å². The van der Waals surface area contributed by atoms with Crippen molar-refractivity contribution in [1.29, 1.82) is 0 Å². The van der Waals surface area contributed by atoms with E-state index in [2.05, 4.69) is 5.32 Å². The number of aliphatic carboxylic acids is 6. The SMILES string of the molecule is N[C@@H](CC(=O)O)C(=O)N[C@@H](CCC(=O)O)C(=O)N[C@@H](CCC(=O)O)C(=O)N[C@@H](CC(=O)O)C(=O)NCC(=O)NCC(=O)N[C@@H](CC(=O)O)C(=O)NCC(=O)O. The van der Waals surface area contributed by atoms with Gasteiger partial charge in [0.25, 0.3) is 0 Å². The zero-order chi connectivity index (χ0) is 42.4. The zero-order valence-electron chi connectivity index (χ0n) is 28.5. The van der Waals surface area contributed by atoms with E-state index < -0.39 is 172 Å². The summed E-state index contributed by atoms with van der Waals surface area (Å²) >= 11 is 0. The summed E-state index contributed by atoms with van der Waals surface area (Å²) in [6.45, 7) is -2.77. The molecule has 0 heterocycles. The van der Waals surface area contributed by atoms with Gasteiger partial charge in [0.15, 0.2) is 0 Å². The fourth-order valence-corrected chi connectivity index (χ4v) is 4.01. The summed E-state index contributed by atoms with van der Waals surface area (Å²) in [7, 11) is 0. The molecule has 0 fully saturated rings. The molecule has 27 heteroatoms. The van der Waals surface area contributed by atoms with Gasteiger partial charge in [0.1, 0.15) is 30.7 Å². The maximum Gasteiger partial charge on any atom is 0.322 e. The fourth-order valence-electron chi connectivity index (χ4n) is 4.01. The van der Waals surface area contributed by atoms with E-state index in [9.17, 15) is 67.4 Å². The first-order chi connectivity index (χ1) is 25.5.